The van der Waals surface area contributed by atoms with Gasteiger partial charge in [-0.05, 0) is 24.3 Å². The average Bonchev–Trinajstić information content (AvgIpc) is 3.28. The lowest BCUT2D eigenvalue weighted by Crippen LogP contribution is -2.43. The highest BCUT2D eigenvalue weighted by atomic mass is 32.2. The summed E-state index contributed by atoms with van der Waals surface area (Å²) in [4.78, 5) is 25.9. The SMILES string of the molecule is CC(=O)N1[C@H](C(=O)OCCOc2ccccc2)CS[C@H]1c1ccco1. The van der Waals surface area contributed by atoms with Crippen LogP contribution in [0, 0.1) is 0 Å². The Hall–Kier alpha value is -2.41. The van der Waals surface area contributed by atoms with Crippen molar-refractivity contribution in [1.82, 2.24) is 4.90 Å². The predicted octanol–water partition coefficient (Wildman–Crippen LogP) is 2.86. The fraction of sp³-hybridized carbons (Fsp3) is 0.333. The van der Waals surface area contributed by atoms with Crippen molar-refractivity contribution in [3.63, 3.8) is 0 Å². The summed E-state index contributed by atoms with van der Waals surface area (Å²) in [5, 5.41) is -0.300. The van der Waals surface area contributed by atoms with Gasteiger partial charge in [-0.3, -0.25) is 4.79 Å². The predicted molar refractivity (Wildman–Crippen MR) is 93.1 cm³/mol. The van der Waals surface area contributed by atoms with Gasteiger partial charge >= 0.3 is 5.97 Å². The van der Waals surface area contributed by atoms with Gasteiger partial charge < -0.3 is 18.8 Å². The molecule has 132 valence electrons. The highest BCUT2D eigenvalue weighted by Gasteiger charge is 2.43. The molecule has 2 atom stereocenters. The molecule has 0 spiro atoms. The minimum atomic E-state index is -0.616. The van der Waals surface area contributed by atoms with Crippen LogP contribution in [0.15, 0.2) is 53.1 Å². The highest BCUT2D eigenvalue weighted by Crippen LogP contribution is 2.41. The molecule has 0 saturated carbocycles. The highest BCUT2D eigenvalue weighted by molar-refractivity contribution is 7.99. The number of rotatable bonds is 6. The van der Waals surface area contributed by atoms with Crippen LogP contribution in [0.2, 0.25) is 0 Å². The lowest BCUT2D eigenvalue weighted by molar-refractivity contribution is -0.154. The van der Waals surface area contributed by atoms with E-state index < -0.39 is 12.0 Å². The molecule has 1 aliphatic rings. The molecule has 6 nitrogen and oxygen atoms in total. The normalized spacial score (nSPS) is 19.6. The lowest BCUT2D eigenvalue weighted by atomic mass is 10.2. The van der Waals surface area contributed by atoms with Crippen LogP contribution in [0.5, 0.6) is 5.75 Å². The fourth-order valence-electron chi connectivity index (χ4n) is 2.64. The third-order valence-electron chi connectivity index (χ3n) is 3.76. The molecule has 0 unspecified atom stereocenters. The van der Waals surface area contributed by atoms with Gasteiger partial charge in [-0.15, -0.1) is 11.8 Å². The van der Waals surface area contributed by atoms with Gasteiger partial charge in [0.05, 0.1) is 6.26 Å². The number of carbonyl (C=O) groups is 2. The molecule has 3 rings (SSSR count). The maximum atomic E-state index is 12.4. The number of benzene rings is 1. The molecular formula is C18H19NO5S. The minimum Gasteiger partial charge on any atom is -0.490 e. The molecule has 1 saturated heterocycles. The Morgan fingerprint density at radius 3 is 2.68 bits per heavy atom. The molecule has 25 heavy (non-hydrogen) atoms. The number of ether oxygens (including phenoxy) is 2. The van der Waals surface area contributed by atoms with Crippen molar-refractivity contribution >= 4 is 23.6 Å². The molecule has 1 aromatic heterocycles. The number of nitrogens with zero attached hydrogens (tertiary/aromatic N) is 1. The Bertz CT molecular complexity index is 704. The Labute approximate surface area is 150 Å². The third kappa shape index (κ3) is 4.17. The Kier molecular flexibility index (Phi) is 5.65. The van der Waals surface area contributed by atoms with Crippen LogP contribution in [0.4, 0.5) is 0 Å². The van der Waals surface area contributed by atoms with Crippen LogP contribution in [0.25, 0.3) is 0 Å². The summed E-state index contributed by atoms with van der Waals surface area (Å²) in [7, 11) is 0. The van der Waals surface area contributed by atoms with Gasteiger partial charge in [0.1, 0.15) is 36.1 Å². The quantitative estimate of drug-likeness (QED) is 0.582. The summed E-state index contributed by atoms with van der Waals surface area (Å²) in [6, 6.07) is 12.3. The number of amides is 1. The van der Waals surface area contributed by atoms with Crippen molar-refractivity contribution in [2.75, 3.05) is 19.0 Å². The molecule has 0 radical (unpaired) electrons. The summed E-state index contributed by atoms with van der Waals surface area (Å²) in [6.45, 7) is 1.84. The monoisotopic (exact) mass is 361 g/mol. The van der Waals surface area contributed by atoms with Crippen molar-refractivity contribution < 1.29 is 23.5 Å². The van der Waals surface area contributed by atoms with Crippen LogP contribution in [-0.2, 0) is 14.3 Å². The molecule has 1 amide bonds. The summed E-state index contributed by atoms with van der Waals surface area (Å²) in [5.74, 6) is 1.24. The summed E-state index contributed by atoms with van der Waals surface area (Å²) in [6.07, 6.45) is 1.56. The van der Waals surface area contributed by atoms with E-state index in [1.807, 2.05) is 30.3 Å². The van der Waals surface area contributed by atoms with Crippen LogP contribution in [-0.4, -0.2) is 41.8 Å². The van der Waals surface area contributed by atoms with E-state index >= 15 is 0 Å². The Morgan fingerprint density at radius 2 is 2.00 bits per heavy atom. The summed E-state index contributed by atoms with van der Waals surface area (Å²) >= 11 is 1.49. The van der Waals surface area contributed by atoms with Crippen molar-refractivity contribution in [3.05, 3.63) is 54.5 Å². The molecule has 2 heterocycles. The standard InChI is InChI=1S/C18H19NO5S/c1-13(20)19-15(12-25-17(19)16-8-5-9-23-16)18(21)24-11-10-22-14-6-3-2-4-7-14/h2-9,15,17H,10-12H2,1H3/t15-,17-/m0/s1. The molecule has 1 fully saturated rings. The molecular weight excluding hydrogens is 342 g/mol. The minimum absolute atomic E-state index is 0.131. The van der Waals surface area contributed by atoms with Crippen LogP contribution in [0.1, 0.15) is 18.1 Å². The summed E-state index contributed by atoms with van der Waals surface area (Å²) in [5.41, 5.74) is 0. The van der Waals surface area contributed by atoms with E-state index in [0.717, 1.165) is 5.75 Å². The first-order valence-electron chi connectivity index (χ1n) is 7.95. The van der Waals surface area contributed by atoms with Crippen LogP contribution in [0.3, 0.4) is 0 Å². The largest absolute Gasteiger partial charge is 0.490 e. The zero-order valence-corrected chi connectivity index (χ0v) is 14.6. The number of hydrogen-bond donors (Lipinski definition) is 0. The molecule has 1 aliphatic heterocycles. The number of thioether (sulfide) groups is 1. The maximum Gasteiger partial charge on any atom is 0.329 e. The van der Waals surface area contributed by atoms with Gasteiger partial charge in [-0.2, -0.15) is 0 Å². The van der Waals surface area contributed by atoms with E-state index in [4.69, 9.17) is 13.9 Å². The van der Waals surface area contributed by atoms with E-state index in [2.05, 4.69) is 0 Å². The zero-order chi connectivity index (χ0) is 17.6. The van der Waals surface area contributed by atoms with Crippen LogP contribution >= 0.6 is 11.8 Å². The number of para-hydroxylation sites is 1. The number of hydrogen-bond acceptors (Lipinski definition) is 6. The Balaban J connectivity index is 1.53. The maximum absolute atomic E-state index is 12.4. The summed E-state index contributed by atoms with van der Waals surface area (Å²) < 4.78 is 16.2. The van der Waals surface area contributed by atoms with Crippen molar-refractivity contribution in [3.8, 4) is 5.75 Å². The van der Waals surface area contributed by atoms with Gasteiger partial charge in [0, 0.05) is 12.7 Å². The topological polar surface area (TPSA) is 69.0 Å². The number of esters is 1. The van der Waals surface area contributed by atoms with E-state index in [-0.39, 0.29) is 24.5 Å². The first kappa shape index (κ1) is 17.4. The molecule has 0 bridgehead atoms. The van der Waals surface area contributed by atoms with Gasteiger partial charge in [0.2, 0.25) is 5.91 Å². The zero-order valence-electron chi connectivity index (χ0n) is 13.8. The smallest absolute Gasteiger partial charge is 0.329 e. The Morgan fingerprint density at radius 1 is 1.20 bits per heavy atom. The fourth-order valence-corrected chi connectivity index (χ4v) is 4.05. The second-order valence-electron chi connectivity index (χ2n) is 5.47. The van der Waals surface area contributed by atoms with Crippen molar-refractivity contribution in [1.29, 1.82) is 0 Å². The molecule has 0 aliphatic carbocycles. The average molecular weight is 361 g/mol. The second-order valence-corrected chi connectivity index (χ2v) is 6.59. The van der Waals surface area contributed by atoms with E-state index in [1.165, 1.54) is 23.6 Å². The molecule has 1 aromatic carbocycles. The number of carbonyl (C=O) groups excluding carboxylic acids is 2. The van der Waals surface area contributed by atoms with E-state index in [0.29, 0.717) is 11.5 Å². The van der Waals surface area contributed by atoms with Gasteiger partial charge in [-0.25, -0.2) is 4.79 Å². The molecule has 7 heteroatoms. The van der Waals surface area contributed by atoms with Crippen LogP contribution < -0.4 is 4.74 Å². The van der Waals surface area contributed by atoms with Gasteiger partial charge in [0.15, 0.2) is 0 Å². The van der Waals surface area contributed by atoms with Crippen molar-refractivity contribution in [2.24, 2.45) is 0 Å². The number of furan rings is 1. The van der Waals surface area contributed by atoms with Crippen molar-refractivity contribution in [2.45, 2.75) is 18.3 Å². The first-order chi connectivity index (χ1) is 12.2. The van der Waals surface area contributed by atoms with E-state index in [1.54, 1.807) is 18.4 Å². The molecule has 0 N–H and O–H groups in total. The third-order valence-corrected chi connectivity index (χ3v) is 5.05. The second kappa shape index (κ2) is 8.11. The van der Waals surface area contributed by atoms with E-state index in [9.17, 15) is 9.59 Å². The lowest BCUT2D eigenvalue weighted by Gasteiger charge is -2.25. The van der Waals surface area contributed by atoms with Gasteiger partial charge in [0.25, 0.3) is 0 Å². The van der Waals surface area contributed by atoms with Gasteiger partial charge in [-0.1, -0.05) is 18.2 Å². The molecule has 2 aromatic rings. The first-order valence-corrected chi connectivity index (χ1v) is 9.00.